The van der Waals surface area contributed by atoms with Crippen LogP contribution in [0.5, 0.6) is 0 Å². The van der Waals surface area contributed by atoms with Gasteiger partial charge in [0.25, 0.3) is 0 Å². The van der Waals surface area contributed by atoms with Crippen LogP contribution in [0.2, 0.25) is 0 Å². The van der Waals surface area contributed by atoms with Crippen molar-refractivity contribution >= 4 is 16.9 Å². The van der Waals surface area contributed by atoms with Gasteiger partial charge in [-0.2, -0.15) is 13.2 Å². The van der Waals surface area contributed by atoms with Crippen molar-refractivity contribution in [3.05, 3.63) is 59.8 Å². The van der Waals surface area contributed by atoms with E-state index in [4.69, 9.17) is 0 Å². The molecule has 0 saturated carbocycles. The first kappa shape index (κ1) is 21.3. The van der Waals surface area contributed by atoms with Gasteiger partial charge in [0.15, 0.2) is 0 Å². The largest absolute Gasteiger partial charge is 0.465 e. The van der Waals surface area contributed by atoms with Crippen LogP contribution in [-0.4, -0.2) is 18.1 Å². The number of hydrogen-bond acceptors (Lipinski definition) is 2. The van der Waals surface area contributed by atoms with Crippen LogP contribution < -0.4 is 0 Å². The van der Waals surface area contributed by atoms with E-state index in [-0.39, 0.29) is 7.43 Å². The van der Waals surface area contributed by atoms with E-state index in [0.29, 0.717) is 22.2 Å². The predicted octanol–water partition coefficient (Wildman–Crippen LogP) is 6.30. The molecule has 1 N–H and O–H groups in total. The van der Waals surface area contributed by atoms with E-state index in [2.05, 4.69) is 9.72 Å². The normalized spacial score (nSPS) is 10.5. The summed E-state index contributed by atoms with van der Waals surface area (Å²) in [6.45, 7) is 4.00. The van der Waals surface area contributed by atoms with Crippen LogP contribution in [0.3, 0.4) is 0 Å². The maximum absolute atomic E-state index is 12.8. The summed E-state index contributed by atoms with van der Waals surface area (Å²) in [5.74, 6) is -0.470. The number of aromatic nitrogens is 1. The Morgan fingerprint density at radius 1 is 1.08 bits per heavy atom. The molecule has 3 rings (SSSR count). The van der Waals surface area contributed by atoms with E-state index in [1.165, 1.54) is 13.2 Å². The van der Waals surface area contributed by atoms with Gasteiger partial charge in [0.05, 0.1) is 18.2 Å². The summed E-state index contributed by atoms with van der Waals surface area (Å²) in [5.41, 5.74) is 1.42. The number of rotatable bonds is 2. The minimum atomic E-state index is -4.39. The van der Waals surface area contributed by atoms with Crippen molar-refractivity contribution < 1.29 is 22.7 Å². The highest BCUT2D eigenvalue weighted by molar-refractivity contribution is 6.00. The molecule has 0 saturated heterocycles. The number of fused-ring (bicyclic) bond motifs is 1. The Kier molecular flexibility index (Phi) is 7.01. The quantitative estimate of drug-likeness (QED) is 0.541. The highest BCUT2D eigenvalue weighted by Gasteiger charge is 2.30. The van der Waals surface area contributed by atoms with E-state index in [1.54, 1.807) is 30.5 Å². The first-order chi connectivity index (χ1) is 11.9. The maximum Gasteiger partial charge on any atom is 0.416 e. The molecule has 0 amide bonds. The van der Waals surface area contributed by atoms with Gasteiger partial charge in [-0.15, -0.1) is 0 Å². The van der Waals surface area contributed by atoms with Crippen molar-refractivity contribution in [1.82, 2.24) is 4.98 Å². The molecule has 0 atom stereocenters. The Labute approximate surface area is 150 Å². The molecule has 0 bridgehead atoms. The number of methoxy groups -OCH3 is 1. The molecule has 1 aromatic heterocycles. The third-order valence-corrected chi connectivity index (χ3v) is 3.60. The SMILES string of the molecule is C.CC.COC(=O)c1ccc2c(-c3cccc(C(F)(F)F)c3)c[nH]c2c1. The molecule has 1 heterocycles. The van der Waals surface area contributed by atoms with Crippen LogP contribution in [0.4, 0.5) is 13.2 Å². The second kappa shape index (κ2) is 8.56. The van der Waals surface area contributed by atoms with Gasteiger partial charge in [-0.25, -0.2) is 4.79 Å². The molecule has 0 aliphatic heterocycles. The standard InChI is InChI=1S/C17H12F3NO2.C2H6.CH4/c1-23-16(22)11-5-6-13-14(9-21-15(13)8-11)10-3-2-4-12(7-10)17(18,19)20;1-2;/h2-9,21H,1H3;1-2H3;1H4. The number of ether oxygens (including phenoxy) is 1. The van der Waals surface area contributed by atoms with Gasteiger partial charge in [-0.05, 0) is 29.8 Å². The number of H-pyrrole nitrogens is 1. The smallest absolute Gasteiger partial charge is 0.416 e. The lowest BCUT2D eigenvalue weighted by Gasteiger charge is -2.08. The predicted molar refractivity (Wildman–Crippen MR) is 98.2 cm³/mol. The van der Waals surface area contributed by atoms with Crippen LogP contribution in [0.15, 0.2) is 48.7 Å². The zero-order valence-corrected chi connectivity index (χ0v) is 14.1. The van der Waals surface area contributed by atoms with Gasteiger partial charge >= 0.3 is 12.1 Å². The topological polar surface area (TPSA) is 42.1 Å². The van der Waals surface area contributed by atoms with Gasteiger partial charge in [0.2, 0.25) is 0 Å². The molecule has 26 heavy (non-hydrogen) atoms. The van der Waals surface area contributed by atoms with Crippen molar-refractivity contribution in [2.45, 2.75) is 27.5 Å². The Hall–Kier alpha value is -2.76. The molecule has 2 aromatic carbocycles. The lowest BCUT2D eigenvalue weighted by molar-refractivity contribution is -0.137. The van der Waals surface area contributed by atoms with Crippen LogP contribution in [0.25, 0.3) is 22.0 Å². The Balaban J connectivity index is 0.00000109. The molecule has 0 aliphatic carbocycles. The summed E-state index contributed by atoms with van der Waals surface area (Å²) in [5, 5.41) is 0.733. The number of carbonyl (C=O) groups excluding carboxylic acids is 1. The third kappa shape index (κ3) is 4.25. The van der Waals surface area contributed by atoms with Gasteiger partial charge < -0.3 is 9.72 Å². The minimum Gasteiger partial charge on any atom is -0.465 e. The number of hydrogen-bond donors (Lipinski definition) is 1. The highest BCUT2D eigenvalue weighted by Crippen LogP contribution is 2.34. The second-order valence-corrected chi connectivity index (χ2v) is 5.03. The summed E-state index contributed by atoms with van der Waals surface area (Å²) in [6.07, 6.45) is -2.76. The van der Waals surface area contributed by atoms with Crippen molar-refractivity contribution in [2.75, 3.05) is 7.11 Å². The molecule has 0 unspecified atom stereocenters. The van der Waals surface area contributed by atoms with E-state index in [0.717, 1.165) is 17.5 Å². The Morgan fingerprint density at radius 2 is 1.77 bits per heavy atom. The number of aromatic amines is 1. The zero-order valence-electron chi connectivity index (χ0n) is 14.1. The number of esters is 1. The molecular formula is C20H22F3NO2. The van der Waals surface area contributed by atoms with Gasteiger partial charge in [-0.3, -0.25) is 0 Å². The number of benzene rings is 2. The van der Waals surface area contributed by atoms with E-state index >= 15 is 0 Å². The summed E-state index contributed by atoms with van der Waals surface area (Å²) in [4.78, 5) is 14.5. The van der Waals surface area contributed by atoms with Crippen LogP contribution in [0, 0.1) is 0 Å². The van der Waals surface area contributed by atoms with Crippen molar-refractivity contribution in [3.8, 4) is 11.1 Å². The maximum atomic E-state index is 12.8. The zero-order chi connectivity index (χ0) is 18.6. The summed E-state index contributed by atoms with van der Waals surface area (Å²) in [6, 6.07) is 10.0. The number of nitrogens with one attached hydrogen (secondary N) is 1. The second-order valence-electron chi connectivity index (χ2n) is 5.03. The summed E-state index contributed by atoms with van der Waals surface area (Å²) >= 11 is 0. The average molecular weight is 365 g/mol. The fourth-order valence-electron chi connectivity index (χ4n) is 2.47. The van der Waals surface area contributed by atoms with Gasteiger partial charge in [-0.1, -0.05) is 39.5 Å². The van der Waals surface area contributed by atoms with Crippen molar-refractivity contribution in [1.29, 1.82) is 0 Å². The Morgan fingerprint density at radius 3 is 2.38 bits per heavy atom. The van der Waals surface area contributed by atoms with Crippen LogP contribution >= 0.6 is 0 Å². The third-order valence-electron chi connectivity index (χ3n) is 3.60. The van der Waals surface area contributed by atoms with Gasteiger partial charge in [0.1, 0.15) is 0 Å². The first-order valence-corrected chi connectivity index (χ1v) is 7.77. The van der Waals surface area contributed by atoms with Gasteiger partial charge in [0, 0.05) is 22.7 Å². The minimum absolute atomic E-state index is 0. The molecule has 3 aromatic rings. The molecule has 0 aliphatic rings. The van der Waals surface area contributed by atoms with E-state index < -0.39 is 17.7 Å². The molecular weight excluding hydrogens is 343 g/mol. The summed E-state index contributed by atoms with van der Waals surface area (Å²) in [7, 11) is 1.29. The average Bonchev–Trinajstić information content (AvgIpc) is 3.05. The van der Waals surface area contributed by atoms with Crippen molar-refractivity contribution in [3.63, 3.8) is 0 Å². The van der Waals surface area contributed by atoms with Crippen LogP contribution in [-0.2, 0) is 10.9 Å². The lowest BCUT2D eigenvalue weighted by atomic mass is 10.0. The molecule has 6 heteroatoms. The fourth-order valence-corrected chi connectivity index (χ4v) is 2.47. The molecule has 0 spiro atoms. The highest BCUT2D eigenvalue weighted by atomic mass is 19.4. The number of alkyl halides is 3. The molecule has 140 valence electrons. The monoisotopic (exact) mass is 365 g/mol. The van der Waals surface area contributed by atoms with E-state index in [9.17, 15) is 18.0 Å². The number of carbonyl (C=O) groups is 1. The lowest BCUT2D eigenvalue weighted by Crippen LogP contribution is -2.04. The Bertz CT molecular complexity index is 882. The van der Waals surface area contributed by atoms with Crippen LogP contribution in [0.1, 0.15) is 37.2 Å². The first-order valence-electron chi connectivity index (χ1n) is 7.77. The molecule has 0 radical (unpaired) electrons. The molecule has 3 nitrogen and oxygen atoms in total. The fraction of sp³-hybridized carbons (Fsp3) is 0.250. The van der Waals surface area contributed by atoms with E-state index in [1.807, 2.05) is 13.8 Å². The van der Waals surface area contributed by atoms with Crippen molar-refractivity contribution in [2.24, 2.45) is 0 Å². The summed E-state index contributed by atoms with van der Waals surface area (Å²) < 4.78 is 43.2. The molecule has 0 fully saturated rings. The number of halogens is 3.